The molecule has 2 aromatic rings. The van der Waals surface area contributed by atoms with Crippen LogP contribution in [0.15, 0.2) is 30.5 Å². The third kappa shape index (κ3) is 2.77. The number of pyridine rings is 1. The molecule has 3 atom stereocenters. The summed E-state index contributed by atoms with van der Waals surface area (Å²) in [6, 6.07) is 6.39. The number of amides is 2. The van der Waals surface area contributed by atoms with Crippen molar-refractivity contribution in [2.45, 2.75) is 12.0 Å². The van der Waals surface area contributed by atoms with Gasteiger partial charge in [-0.3, -0.25) is 5.32 Å². The number of halogens is 3. The van der Waals surface area contributed by atoms with Crippen molar-refractivity contribution in [3.05, 3.63) is 51.1 Å². The Morgan fingerprint density at radius 2 is 1.96 bits per heavy atom. The highest BCUT2D eigenvalue weighted by molar-refractivity contribution is 6.35. The van der Waals surface area contributed by atoms with E-state index in [0.29, 0.717) is 33.2 Å². The molecule has 24 heavy (non-hydrogen) atoms. The molecule has 2 amide bonds. The molecule has 0 bridgehead atoms. The molecule has 124 valence electrons. The highest BCUT2D eigenvalue weighted by Gasteiger charge is 2.56. The number of anilines is 1. The number of aromatic nitrogens is 1. The highest BCUT2D eigenvalue weighted by atomic mass is 35.5. The molecule has 8 heteroatoms. The second-order valence-electron chi connectivity index (χ2n) is 5.76. The molecule has 1 saturated carbocycles. The van der Waals surface area contributed by atoms with Crippen LogP contribution in [0.4, 0.5) is 10.6 Å². The minimum Gasteiger partial charge on any atom is -0.491 e. The molecule has 0 spiro atoms. The minimum absolute atomic E-state index is 0.0467. The van der Waals surface area contributed by atoms with Gasteiger partial charge in [-0.05, 0) is 24.3 Å². The summed E-state index contributed by atoms with van der Waals surface area (Å²) in [5.41, 5.74) is 0.871. The first-order valence-corrected chi connectivity index (χ1v) is 8.48. The lowest BCUT2D eigenvalue weighted by atomic mass is 10.1. The molecular weight excluding hydrogens is 373 g/mol. The van der Waals surface area contributed by atoms with Gasteiger partial charge in [-0.15, -0.1) is 0 Å². The SMILES string of the molecule is O=C(Nc1ccc(Cl)cn1)NC1C2COc3c(Cl)ccc(Cl)c3C21. The van der Waals surface area contributed by atoms with Gasteiger partial charge >= 0.3 is 6.03 Å². The predicted octanol–water partition coefficient (Wildman–Crippen LogP) is 4.34. The third-order valence-corrected chi connectivity index (χ3v) is 5.13. The first-order valence-electron chi connectivity index (χ1n) is 7.34. The molecule has 1 aromatic heterocycles. The predicted molar refractivity (Wildman–Crippen MR) is 93.4 cm³/mol. The van der Waals surface area contributed by atoms with Gasteiger partial charge in [-0.25, -0.2) is 9.78 Å². The van der Waals surface area contributed by atoms with Crippen molar-refractivity contribution < 1.29 is 9.53 Å². The zero-order valence-corrected chi connectivity index (χ0v) is 14.5. The Morgan fingerprint density at radius 3 is 2.71 bits per heavy atom. The number of hydrogen-bond donors (Lipinski definition) is 2. The van der Waals surface area contributed by atoms with Gasteiger partial charge in [0, 0.05) is 34.7 Å². The number of urea groups is 1. The molecule has 0 saturated heterocycles. The summed E-state index contributed by atoms with van der Waals surface area (Å²) in [7, 11) is 0. The van der Waals surface area contributed by atoms with Crippen molar-refractivity contribution in [3.8, 4) is 5.75 Å². The van der Waals surface area contributed by atoms with Crippen LogP contribution in [0.2, 0.25) is 15.1 Å². The number of carbonyl (C=O) groups excluding carboxylic acids is 1. The topological polar surface area (TPSA) is 63.2 Å². The Bertz CT molecular complexity index is 813. The van der Waals surface area contributed by atoms with Crippen LogP contribution >= 0.6 is 34.8 Å². The lowest BCUT2D eigenvalue weighted by Gasteiger charge is -2.18. The van der Waals surface area contributed by atoms with E-state index in [1.54, 1.807) is 24.3 Å². The second kappa shape index (κ2) is 5.99. The normalized spacial score (nSPS) is 23.5. The molecule has 1 aliphatic carbocycles. The van der Waals surface area contributed by atoms with E-state index in [1.165, 1.54) is 6.20 Å². The molecule has 1 aliphatic heterocycles. The fourth-order valence-corrected chi connectivity index (χ4v) is 3.72. The molecule has 4 rings (SSSR count). The fourth-order valence-electron chi connectivity index (χ4n) is 3.11. The van der Waals surface area contributed by atoms with E-state index in [1.807, 2.05) is 0 Å². The maximum atomic E-state index is 12.2. The van der Waals surface area contributed by atoms with Crippen molar-refractivity contribution in [3.63, 3.8) is 0 Å². The van der Waals surface area contributed by atoms with Crippen molar-refractivity contribution in [1.82, 2.24) is 10.3 Å². The largest absolute Gasteiger partial charge is 0.491 e. The Morgan fingerprint density at radius 1 is 1.17 bits per heavy atom. The van der Waals surface area contributed by atoms with Crippen molar-refractivity contribution >= 4 is 46.7 Å². The monoisotopic (exact) mass is 383 g/mol. The van der Waals surface area contributed by atoms with E-state index < -0.39 is 0 Å². The first-order chi connectivity index (χ1) is 11.5. The number of carbonyl (C=O) groups is 1. The number of hydrogen-bond acceptors (Lipinski definition) is 3. The number of nitrogens with one attached hydrogen (secondary N) is 2. The molecule has 2 aliphatic rings. The molecule has 0 radical (unpaired) electrons. The summed E-state index contributed by atoms with van der Waals surface area (Å²) in [6.07, 6.45) is 1.47. The van der Waals surface area contributed by atoms with Crippen molar-refractivity contribution in [2.75, 3.05) is 11.9 Å². The van der Waals surface area contributed by atoms with Crippen molar-refractivity contribution in [2.24, 2.45) is 5.92 Å². The zero-order valence-electron chi connectivity index (χ0n) is 12.2. The molecule has 1 aromatic carbocycles. The second-order valence-corrected chi connectivity index (χ2v) is 7.01. The van der Waals surface area contributed by atoms with Gasteiger partial charge in [0.1, 0.15) is 11.6 Å². The molecular formula is C16H12Cl3N3O2. The van der Waals surface area contributed by atoms with Gasteiger partial charge in [-0.1, -0.05) is 34.8 Å². The summed E-state index contributed by atoms with van der Waals surface area (Å²) in [4.78, 5) is 16.2. The van der Waals surface area contributed by atoms with E-state index in [0.717, 1.165) is 5.56 Å². The van der Waals surface area contributed by atoms with Gasteiger partial charge in [0.2, 0.25) is 0 Å². The van der Waals surface area contributed by atoms with E-state index in [4.69, 9.17) is 39.5 Å². The van der Waals surface area contributed by atoms with Crippen LogP contribution in [0.3, 0.4) is 0 Å². The number of rotatable bonds is 2. The summed E-state index contributed by atoms with van der Waals surface area (Å²) >= 11 is 18.2. The van der Waals surface area contributed by atoms with Crippen LogP contribution in [0.5, 0.6) is 5.75 Å². The molecule has 1 fully saturated rings. The van der Waals surface area contributed by atoms with Crippen LogP contribution in [-0.4, -0.2) is 23.7 Å². The Kier molecular flexibility index (Phi) is 3.95. The summed E-state index contributed by atoms with van der Waals surface area (Å²) in [5, 5.41) is 7.27. The van der Waals surface area contributed by atoms with Gasteiger partial charge in [0.25, 0.3) is 0 Å². The standard InChI is InChI=1S/C16H12Cl3N3O2/c17-7-1-4-11(20-5-7)21-16(23)22-14-8-6-24-15-10(19)3-2-9(18)13(15)12(8)14/h1-5,8,12,14H,6H2,(H2,20,21,22,23). The molecule has 2 heterocycles. The van der Waals surface area contributed by atoms with E-state index >= 15 is 0 Å². The number of ether oxygens (including phenoxy) is 1. The first kappa shape index (κ1) is 15.8. The maximum absolute atomic E-state index is 12.2. The number of fused-ring (bicyclic) bond motifs is 3. The molecule has 2 N–H and O–H groups in total. The van der Waals surface area contributed by atoms with Crippen LogP contribution in [0.25, 0.3) is 0 Å². The lowest BCUT2D eigenvalue weighted by molar-refractivity contribution is 0.249. The van der Waals surface area contributed by atoms with Crippen LogP contribution in [0.1, 0.15) is 11.5 Å². The van der Waals surface area contributed by atoms with E-state index in [9.17, 15) is 4.79 Å². The Hall–Kier alpha value is -1.69. The third-order valence-electron chi connectivity index (χ3n) is 4.28. The summed E-state index contributed by atoms with van der Waals surface area (Å²) < 4.78 is 5.72. The van der Waals surface area contributed by atoms with Gasteiger partial charge in [-0.2, -0.15) is 0 Å². The van der Waals surface area contributed by atoms with Crippen molar-refractivity contribution in [1.29, 1.82) is 0 Å². The minimum atomic E-state index is -0.330. The summed E-state index contributed by atoms with van der Waals surface area (Å²) in [6.45, 7) is 0.502. The maximum Gasteiger partial charge on any atom is 0.320 e. The zero-order chi connectivity index (χ0) is 16.8. The summed E-state index contributed by atoms with van der Waals surface area (Å²) in [5.74, 6) is 1.36. The van der Waals surface area contributed by atoms with Gasteiger partial charge in [0.15, 0.2) is 0 Å². The van der Waals surface area contributed by atoms with Crippen LogP contribution in [-0.2, 0) is 0 Å². The van der Waals surface area contributed by atoms with E-state index in [2.05, 4.69) is 15.6 Å². The fraction of sp³-hybridized carbons (Fsp3) is 0.250. The van der Waals surface area contributed by atoms with Crippen LogP contribution in [0, 0.1) is 5.92 Å². The Balaban J connectivity index is 1.47. The quantitative estimate of drug-likeness (QED) is 0.809. The highest BCUT2D eigenvalue weighted by Crippen LogP contribution is 2.57. The lowest BCUT2D eigenvalue weighted by Crippen LogP contribution is -2.32. The van der Waals surface area contributed by atoms with E-state index in [-0.39, 0.29) is 23.9 Å². The smallest absolute Gasteiger partial charge is 0.320 e. The van der Waals surface area contributed by atoms with Gasteiger partial charge in [0.05, 0.1) is 16.7 Å². The molecule has 5 nitrogen and oxygen atoms in total. The average molecular weight is 385 g/mol. The average Bonchev–Trinajstić information content (AvgIpc) is 3.26. The van der Waals surface area contributed by atoms with Gasteiger partial charge < -0.3 is 10.1 Å². The molecule has 3 unspecified atom stereocenters. The number of nitrogens with zero attached hydrogens (tertiary/aromatic N) is 1. The number of benzene rings is 1. The Labute approximate surface area is 153 Å². The van der Waals surface area contributed by atoms with Crippen LogP contribution < -0.4 is 15.4 Å².